The van der Waals surface area contributed by atoms with E-state index in [9.17, 15) is 14.4 Å². The minimum Gasteiger partial charge on any atom is -0.464 e. The predicted octanol–water partition coefficient (Wildman–Crippen LogP) is 6.21. The van der Waals surface area contributed by atoms with Gasteiger partial charge in [-0.2, -0.15) is 4.99 Å². The van der Waals surface area contributed by atoms with Gasteiger partial charge in [0, 0.05) is 6.42 Å². The van der Waals surface area contributed by atoms with E-state index in [-0.39, 0.29) is 13.0 Å². The number of hydrogen-bond donors (Lipinski definition) is 0. The Balaban J connectivity index is 2.31. The number of benzene rings is 1. The van der Waals surface area contributed by atoms with E-state index in [2.05, 4.69) is 16.7 Å². The van der Waals surface area contributed by atoms with Crippen molar-refractivity contribution in [1.82, 2.24) is 0 Å². The van der Waals surface area contributed by atoms with Gasteiger partial charge in [0.05, 0.1) is 7.11 Å². The van der Waals surface area contributed by atoms with Crippen molar-refractivity contribution in [2.45, 2.75) is 90.6 Å². The number of aliphatic imine (C=N–C) groups is 1. The highest BCUT2D eigenvalue weighted by atomic mass is 16.5. The second kappa shape index (κ2) is 17.2. The predicted molar refractivity (Wildman–Crippen MR) is 122 cm³/mol. The van der Waals surface area contributed by atoms with E-state index in [1.807, 2.05) is 18.2 Å². The van der Waals surface area contributed by atoms with Crippen LogP contribution in [-0.2, 0) is 25.7 Å². The molecule has 0 fully saturated rings. The average molecular weight is 432 g/mol. The molecule has 1 rings (SSSR count). The molecule has 1 aromatic rings. The van der Waals surface area contributed by atoms with Gasteiger partial charge in [-0.3, -0.25) is 4.79 Å². The number of unbranched alkanes of at least 4 members (excludes halogenated alkanes) is 10. The number of esters is 1. The molecule has 172 valence electrons. The first-order chi connectivity index (χ1) is 15.1. The molecule has 0 saturated heterocycles. The smallest absolute Gasteiger partial charge is 0.434 e. The van der Waals surface area contributed by atoms with Crippen molar-refractivity contribution in [3.63, 3.8) is 0 Å². The van der Waals surface area contributed by atoms with Crippen LogP contribution < -0.4 is 0 Å². The van der Waals surface area contributed by atoms with Crippen molar-refractivity contribution >= 4 is 23.6 Å². The lowest BCUT2D eigenvalue weighted by atomic mass is 10.0. The van der Waals surface area contributed by atoms with Gasteiger partial charge in [0.15, 0.2) is 11.5 Å². The Morgan fingerprint density at radius 2 is 1.35 bits per heavy atom. The molecule has 31 heavy (non-hydrogen) atoms. The number of methoxy groups -OCH3 is 1. The molecule has 0 bridgehead atoms. The zero-order valence-corrected chi connectivity index (χ0v) is 19.1. The van der Waals surface area contributed by atoms with Crippen LogP contribution in [0.1, 0.15) is 89.5 Å². The Bertz CT molecular complexity index is 684. The lowest BCUT2D eigenvalue weighted by Gasteiger charge is -2.05. The molecule has 1 aromatic carbocycles. The molecule has 0 spiro atoms. The second-order valence-corrected chi connectivity index (χ2v) is 7.70. The van der Waals surface area contributed by atoms with Gasteiger partial charge in [-0.25, -0.2) is 9.59 Å². The third kappa shape index (κ3) is 12.7. The highest BCUT2D eigenvalue weighted by Crippen LogP contribution is 2.12. The first-order valence-corrected chi connectivity index (χ1v) is 11.5. The van der Waals surface area contributed by atoms with Crippen LogP contribution in [0, 0.1) is 0 Å². The van der Waals surface area contributed by atoms with Crippen molar-refractivity contribution in [2.24, 2.45) is 4.99 Å². The van der Waals surface area contributed by atoms with E-state index in [1.54, 1.807) is 12.1 Å². The van der Waals surface area contributed by atoms with E-state index in [1.165, 1.54) is 44.9 Å². The summed E-state index contributed by atoms with van der Waals surface area (Å²) in [6, 6.07) is 9.10. The van der Waals surface area contributed by atoms with Crippen LogP contribution in [0.25, 0.3) is 0 Å². The van der Waals surface area contributed by atoms with E-state index in [0.717, 1.165) is 31.9 Å². The zero-order chi connectivity index (χ0) is 22.7. The quantitative estimate of drug-likeness (QED) is 0.135. The number of nitrogens with zero attached hydrogens (tertiary/aromatic N) is 1. The van der Waals surface area contributed by atoms with Crippen molar-refractivity contribution < 1.29 is 23.9 Å². The molecule has 0 heterocycles. The number of ether oxygens (including phenoxy) is 2. The zero-order valence-electron chi connectivity index (χ0n) is 19.1. The summed E-state index contributed by atoms with van der Waals surface area (Å²) >= 11 is 0. The summed E-state index contributed by atoms with van der Waals surface area (Å²) in [7, 11) is 1.16. The standard InChI is InChI=1S/C25H37NO5/c1-3-4-5-6-7-8-9-10-11-12-16-19-22(27)23(24(28)30-2)26-25(29)31-20-21-17-14-13-15-18-21/h13-15,17-18H,3-12,16,19-20H2,1-2H3. The summed E-state index contributed by atoms with van der Waals surface area (Å²) in [4.78, 5) is 39.8. The molecular formula is C25H37NO5. The monoisotopic (exact) mass is 431 g/mol. The fraction of sp³-hybridized carbons (Fsp3) is 0.600. The molecule has 6 heteroatoms. The fourth-order valence-electron chi connectivity index (χ4n) is 3.23. The third-order valence-corrected chi connectivity index (χ3v) is 5.06. The van der Waals surface area contributed by atoms with Gasteiger partial charge in [0.25, 0.3) is 0 Å². The lowest BCUT2D eigenvalue weighted by Crippen LogP contribution is -2.27. The number of hydrogen-bond acceptors (Lipinski definition) is 5. The van der Waals surface area contributed by atoms with Crippen molar-refractivity contribution in [3.05, 3.63) is 35.9 Å². The molecule has 0 radical (unpaired) electrons. The minimum absolute atomic E-state index is 0.0183. The second-order valence-electron chi connectivity index (χ2n) is 7.70. The average Bonchev–Trinajstić information content (AvgIpc) is 2.79. The summed E-state index contributed by atoms with van der Waals surface area (Å²) in [5.74, 6) is -1.40. The lowest BCUT2D eigenvalue weighted by molar-refractivity contribution is -0.133. The Labute approximate surface area is 186 Å². The van der Waals surface area contributed by atoms with Crippen LogP contribution in [0.3, 0.4) is 0 Å². The molecule has 1 amide bonds. The molecule has 0 aliphatic rings. The number of ketones is 1. The van der Waals surface area contributed by atoms with Crippen LogP contribution >= 0.6 is 0 Å². The van der Waals surface area contributed by atoms with Crippen LogP contribution in [0.5, 0.6) is 0 Å². The Morgan fingerprint density at radius 1 is 0.806 bits per heavy atom. The van der Waals surface area contributed by atoms with Crippen LogP contribution in [-0.4, -0.2) is 30.7 Å². The van der Waals surface area contributed by atoms with Crippen LogP contribution in [0.15, 0.2) is 35.3 Å². The SMILES string of the molecule is CCCCCCCCCCCCCC(=O)C(=NC(=O)OCc1ccccc1)C(=O)OC. The number of amides is 1. The van der Waals surface area contributed by atoms with Gasteiger partial charge in [-0.1, -0.05) is 101 Å². The summed E-state index contributed by atoms with van der Waals surface area (Å²) in [6.07, 6.45) is 12.0. The highest BCUT2D eigenvalue weighted by Gasteiger charge is 2.22. The number of Topliss-reactive ketones (excluding diaryl/α,β-unsaturated/α-hetero) is 1. The van der Waals surface area contributed by atoms with Gasteiger partial charge in [0.1, 0.15) is 6.61 Å². The Morgan fingerprint density at radius 3 is 1.90 bits per heavy atom. The third-order valence-electron chi connectivity index (χ3n) is 5.06. The first-order valence-electron chi connectivity index (χ1n) is 11.5. The molecule has 0 N–H and O–H groups in total. The molecule has 0 atom stereocenters. The molecule has 0 saturated carbocycles. The van der Waals surface area contributed by atoms with E-state index >= 15 is 0 Å². The van der Waals surface area contributed by atoms with E-state index < -0.39 is 23.6 Å². The molecule has 6 nitrogen and oxygen atoms in total. The summed E-state index contributed by atoms with van der Waals surface area (Å²) in [5.41, 5.74) is 0.297. The fourth-order valence-corrected chi connectivity index (χ4v) is 3.23. The van der Waals surface area contributed by atoms with Gasteiger partial charge in [0.2, 0.25) is 0 Å². The normalized spacial score (nSPS) is 11.2. The van der Waals surface area contributed by atoms with Gasteiger partial charge < -0.3 is 9.47 Å². The summed E-state index contributed by atoms with van der Waals surface area (Å²) in [5, 5.41) is 0. The van der Waals surface area contributed by atoms with Gasteiger partial charge >= 0.3 is 12.1 Å². The topological polar surface area (TPSA) is 82.0 Å². The van der Waals surface area contributed by atoms with Crippen LogP contribution in [0.2, 0.25) is 0 Å². The number of carbonyl (C=O) groups excluding carboxylic acids is 3. The molecule has 0 aromatic heterocycles. The molecule has 0 aliphatic heterocycles. The Hall–Kier alpha value is -2.50. The van der Waals surface area contributed by atoms with Gasteiger partial charge in [-0.15, -0.1) is 0 Å². The van der Waals surface area contributed by atoms with Crippen molar-refractivity contribution in [1.29, 1.82) is 0 Å². The van der Waals surface area contributed by atoms with Gasteiger partial charge in [-0.05, 0) is 12.0 Å². The maximum absolute atomic E-state index is 12.4. The van der Waals surface area contributed by atoms with E-state index in [4.69, 9.17) is 4.74 Å². The molecule has 0 unspecified atom stereocenters. The Kier molecular flexibility index (Phi) is 14.7. The van der Waals surface area contributed by atoms with Crippen molar-refractivity contribution in [2.75, 3.05) is 7.11 Å². The van der Waals surface area contributed by atoms with Crippen molar-refractivity contribution in [3.8, 4) is 0 Å². The summed E-state index contributed by atoms with van der Waals surface area (Å²) < 4.78 is 9.63. The van der Waals surface area contributed by atoms with Crippen LogP contribution in [0.4, 0.5) is 4.79 Å². The maximum Gasteiger partial charge on any atom is 0.434 e. The number of rotatable bonds is 16. The first kappa shape index (κ1) is 26.5. The number of carbonyl (C=O) groups is 3. The van der Waals surface area contributed by atoms with E-state index in [0.29, 0.717) is 6.42 Å². The minimum atomic E-state index is -0.975. The maximum atomic E-state index is 12.4. The highest BCUT2D eigenvalue weighted by molar-refractivity contribution is 6.65. The largest absolute Gasteiger partial charge is 0.464 e. The molecule has 0 aliphatic carbocycles. The molecular weight excluding hydrogens is 394 g/mol. The summed E-state index contributed by atoms with van der Waals surface area (Å²) in [6.45, 7) is 2.24.